The molecule has 26 heavy (non-hydrogen) atoms. The van der Waals surface area contributed by atoms with E-state index < -0.39 is 0 Å². The highest BCUT2D eigenvalue weighted by molar-refractivity contribution is 5.97. The van der Waals surface area contributed by atoms with E-state index >= 15 is 0 Å². The van der Waals surface area contributed by atoms with Gasteiger partial charge in [-0.25, -0.2) is 4.98 Å². The number of anilines is 1. The number of carbonyl (C=O) groups is 2. The van der Waals surface area contributed by atoms with Crippen LogP contribution in [0.1, 0.15) is 35.5 Å². The molecule has 4 rings (SSSR count). The van der Waals surface area contributed by atoms with Crippen molar-refractivity contribution in [3.05, 3.63) is 60.0 Å². The summed E-state index contributed by atoms with van der Waals surface area (Å²) in [6.45, 7) is 0. The predicted molar refractivity (Wildman–Crippen MR) is 97.9 cm³/mol. The van der Waals surface area contributed by atoms with E-state index in [0.717, 1.165) is 23.9 Å². The van der Waals surface area contributed by atoms with E-state index in [-0.39, 0.29) is 18.2 Å². The maximum absolute atomic E-state index is 12.2. The van der Waals surface area contributed by atoms with Crippen LogP contribution in [0, 0.1) is 0 Å². The van der Waals surface area contributed by atoms with Crippen LogP contribution >= 0.6 is 0 Å². The normalized spacial score (nSPS) is 13.5. The number of carbonyl (C=O) groups excluding carboxylic acids is 2. The largest absolute Gasteiger partial charge is 0.441 e. The molecule has 0 spiro atoms. The third kappa shape index (κ3) is 3.91. The number of benzene rings is 2. The average Bonchev–Trinajstić information content (AvgIpc) is 3.35. The molecule has 0 atom stereocenters. The quantitative estimate of drug-likeness (QED) is 0.715. The fourth-order valence-electron chi connectivity index (χ4n) is 2.71. The van der Waals surface area contributed by atoms with Crippen molar-refractivity contribution in [3.63, 3.8) is 0 Å². The Balaban J connectivity index is 1.34. The Kier molecular flexibility index (Phi) is 4.39. The molecule has 0 saturated heterocycles. The maximum Gasteiger partial charge on any atom is 0.251 e. The summed E-state index contributed by atoms with van der Waals surface area (Å²) in [6.07, 6.45) is 2.75. The Morgan fingerprint density at radius 3 is 2.77 bits per heavy atom. The Labute approximate surface area is 150 Å². The summed E-state index contributed by atoms with van der Waals surface area (Å²) in [5, 5.41) is 5.76. The van der Waals surface area contributed by atoms with Crippen LogP contribution in [0.15, 0.2) is 52.9 Å². The molecule has 2 amide bonds. The van der Waals surface area contributed by atoms with E-state index in [1.54, 1.807) is 24.3 Å². The van der Waals surface area contributed by atoms with Gasteiger partial charge in [-0.1, -0.05) is 18.2 Å². The second-order valence-electron chi connectivity index (χ2n) is 6.45. The molecule has 132 valence electrons. The molecule has 1 heterocycles. The third-order valence-corrected chi connectivity index (χ3v) is 4.23. The number of hydrogen-bond donors (Lipinski definition) is 2. The first kappa shape index (κ1) is 16.3. The first-order chi connectivity index (χ1) is 12.7. The van der Waals surface area contributed by atoms with E-state index in [1.165, 1.54) is 0 Å². The molecule has 3 aromatic rings. The minimum Gasteiger partial charge on any atom is -0.441 e. The predicted octanol–water partition coefficient (Wildman–Crippen LogP) is 3.29. The highest BCUT2D eigenvalue weighted by Gasteiger charge is 2.23. The number of oxazole rings is 1. The summed E-state index contributed by atoms with van der Waals surface area (Å²) in [5.74, 6) is 0.293. The van der Waals surface area contributed by atoms with Crippen LogP contribution in [0.4, 0.5) is 5.69 Å². The van der Waals surface area contributed by atoms with Gasteiger partial charge in [0.15, 0.2) is 11.5 Å². The third-order valence-electron chi connectivity index (χ3n) is 4.23. The summed E-state index contributed by atoms with van der Waals surface area (Å²) in [5.41, 5.74) is 2.67. The molecule has 0 bridgehead atoms. The van der Waals surface area contributed by atoms with Gasteiger partial charge >= 0.3 is 0 Å². The molecule has 0 unspecified atom stereocenters. The number of aromatic nitrogens is 1. The molecule has 0 radical (unpaired) electrons. The van der Waals surface area contributed by atoms with Crippen molar-refractivity contribution in [1.29, 1.82) is 0 Å². The van der Waals surface area contributed by atoms with Gasteiger partial charge in [0.1, 0.15) is 5.52 Å². The smallest absolute Gasteiger partial charge is 0.251 e. The van der Waals surface area contributed by atoms with E-state index in [9.17, 15) is 9.59 Å². The van der Waals surface area contributed by atoms with Crippen LogP contribution in [-0.4, -0.2) is 22.8 Å². The molecule has 1 saturated carbocycles. The molecule has 6 heteroatoms. The summed E-state index contributed by atoms with van der Waals surface area (Å²) in [7, 11) is 0. The van der Waals surface area contributed by atoms with Gasteiger partial charge in [0.25, 0.3) is 5.91 Å². The minimum atomic E-state index is -0.146. The van der Waals surface area contributed by atoms with E-state index in [2.05, 4.69) is 15.6 Å². The summed E-state index contributed by atoms with van der Waals surface area (Å²) in [4.78, 5) is 28.6. The molecule has 0 aliphatic heterocycles. The summed E-state index contributed by atoms with van der Waals surface area (Å²) < 4.78 is 5.62. The van der Waals surface area contributed by atoms with E-state index in [1.807, 2.05) is 24.3 Å². The van der Waals surface area contributed by atoms with Crippen LogP contribution in [0.3, 0.4) is 0 Å². The number of para-hydroxylation sites is 2. The second kappa shape index (κ2) is 7.00. The van der Waals surface area contributed by atoms with Crippen LogP contribution in [0.25, 0.3) is 11.1 Å². The van der Waals surface area contributed by atoms with Gasteiger partial charge in [0.2, 0.25) is 5.91 Å². The lowest BCUT2D eigenvalue weighted by Gasteiger charge is -2.07. The van der Waals surface area contributed by atoms with Crippen LogP contribution in [-0.2, 0) is 11.2 Å². The zero-order valence-electron chi connectivity index (χ0n) is 14.2. The highest BCUT2D eigenvalue weighted by atomic mass is 16.3. The van der Waals surface area contributed by atoms with Gasteiger partial charge in [-0.3, -0.25) is 9.59 Å². The standard InChI is InChI=1S/C20H19N3O3/c24-18(10-11-19-23-16-6-1-2-7-17(16)26-19)21-15-5-3-4-13(12-15)20(25)22-14-8-9-14/h1-7,12,14H,8-11H2,(H,21,24)(H,22,25). The van der Waals surface area contributed by atoms with Crippen molar-refractivity contribution in [3.8, 4) is 0 Å². The Morgan fingerprint density at radius 1 is 1.12 bits per heavy atom. The number of nitrogens with one attached hydrogen (secondary N) is 2. The SMILES string of the molecule is O=C(CCc1nc2ccccc2o1)Nc1cccc(C(=O)NC2CC2)c1. The summed E-state index contributed by atoms with van der Waals surface area (Å²) >= 11 is 0. The first-order valence-corrected chi connectivity index (χ1v) is 8.72. The molecular weight excluding hydrogens is 330 g/mol. The lowest BCUT2D eigenvalue weighted by Crippen LogP contribution is -2.25. The topological polar surface area (TPSA) is 84.2 Å². The molecule has 6 nitrogen and oxygen atoms in total. The molecule has 1 fully saturated rings. The number of hydrogen-bond acceptors (Lipinski definition) is 4. The van der Waals surface area contributed by atoms with Crippen molar-refractivity contribution >= 4 is 28.6 Å². The molecule has 1 aliphatic rings. The van der Waals surface area contributed by atoms with E-state index in [0.29, 0.717) is 29.6 Å². The van der Waals surface area contributed by atoms with Gasteiger partial charge in [-0.05, 0) is 43.2 Å². The summed E-state index contributed by atoms with van der Waals surface area (Å²) in [6, 6.07) is 14.8. The number of aryl methyl sites for hydroxylation is 1. The first-order valence-electron chi connectivity index (χ1n) is 8.72. The lowest BCUT2D eigenvalue weighted by molar-refractivity contribution is -0.116. The Bertz CT molecular complexity index is 927. The molecule has 1 aromatic heterocycles. The molecule has 1 aliphatic carbocycles. The van der Waals surface area contributed by atoms with Crippen LogP contribution in [0.2, 0.25) is 0 Å². The van der Waals surface area contributed by atoms with Gasteiger partial charge in [-0.2, -0.15) is 0 Å². The van der Waals surface area contributed by atoms with Crippen molar-refractivity contribution < 1.29 is 14.0 Å². The fraction of sp³-hybridized carbons (Fsp3) is 0.250. The number of nitrogens with zero attached hydrogens (tertiary/aromatic N) is 1. The molecular formula is C20H19N3O3. The molecule has 2 aromatic carbocycles. The average molecular weight is 349 g/mol. The van der Waals surface area contributed by atoms with Gasteiger partial charge in [-0.15, -0.1) is 0 Å². The van der Waals surface area contributed by atoms with E-state index in [4.69, 9.17) is 4.42 Å². The minimum absolute atomic E-state index is 0.102. The van der Waals surface area contributed by atoms with Crippen molar-refractivity contribution in [2.45, 2.75) is 31.7 Å². The van der Waals surface area contributed by atoms with Crippen molar-refractivity contribution in [2.75, 3.05) is 5.32 Å². The number of fused-ring (bicyclic) bond motifs is 1. The number of amides is 2. The van der Waals surface area contributed by atoms with Crippen LogP contribution < -0.4 is 10.6 Å². The second-order valence-corrected chi connectivity index (χ2v) is 6.45. The van der Waals surface area contributed by atoms with Crippen molar-refractivity contribution in [1.82, 2.24) is 10.3 Å². The zero-order valence-corrected chi connectivity index (χ0v) is 14.2. The monoisotopic (exact) mass is 349 g/mol. The lowest BCUT2D eigenvalue weighted by atomic mass is 10.2. The van der Waals surface area contributed by atoms with Crippen molar-refractivity contribution in [2.24, 2.45) is 0 Å². The van der Waals surface area contributed by atoms with Crippen LogP contribution in [0.5, 0.6) is 0 Å². The Hall–Kier alpha value is -3.15. The maximum atomic E-state index is 12.2. The van der Waals surface area contributed by atoms with Gasteiger partial charge in [0.05, 0.1) is 0 Å². The molecule has 2 N–H and O–H groups in total. The van der Waals surface area contributed by atoms with Gasteiger partial charge in [0, 0.05) is 30.1 Å². The zero-order chi connectivity index (χ0) is 17.9. The Morgan fingerprint density at radius 2 is 1.96 bits per heavy atom. The highest BCUT2D eigenvalue weighted by Crippen LogP contribution is 2.20. The van der Waals surface area contributed by atoms with Gasteiger partial charge < -0.3 is 15.1 Å². The fourth-order valence-corrected chi connectivity index (χ4v) is 2.71. The number of rotatable bonds is 6.